The van der Waals surface area contributed by atoms with Gasteiger partial charge in [0.25, 0.3) is 0 Å². The number of hydrogen-bond acceptors (Lipinski definition) is 5. The molecule has 132 valence electrons. The van der Waals surface area contributed by atoms with Crippen LogP contribution < -0.4 is 4.74 Å². The molecule has 5 nitrogen and oxygen atoms in total. The molecule has 0 fully saturated rings. The summed E-state index contributed by atoms with van der Waals surface area (Å²) in [6.07, 6.45) is -4.61. The van der Waals surface area contributed by atoms with Gasteiger partial charge < -0.3 is 14.2 Å². The minimum atomic E-state index is -4.61. The lowest BCUT2D eigenvalue weighted by molar-refractivity contribution is -0.137. The molecule has 0 unspecified atom stereocenters. The van der Waals surface area contributed by atoms with Crippen molar-refractivity contribution in [2.45, 2.75) is 6.18 Å². The van der Waals surface area contributed by atoms with Crippen LogP contribution in [0.25, 0.3) is 0 Å². The molecule has 0 N–H and O–H groups in total. The highest BCUT2D eigenvalue weighted by atomic mass is 19.4. The topological polar surface area (TPSA) is 61.8 Å². The van der Waals surface area contributed by atoms with Gasteiger partial charge in [-0.2, -0.15) is 13.2 Å². The van der Waals surface area contributed by atoms with E-state index in [4.69, 9.17) is 4.74 Å². The van der Waals surface area contributed by atoms with Gasteiger partial charge in [0, 0.05) is 0 Å². The number of carbonyl (C=O) groups is 2. The zero-order valence-electron chi connectivity index (χ0n) is 13.2. The van der Waals surface area contributed by atoms with Crippen molar-refractivity contribution < 1.29 is 37.0 Å². The molecule has 0 saturated carbocycles. The molecule has 0 aromatic heterocycles. The summed E-state index contributed by atoms with van der Waals surface area (Å²) in [6, 6.07) is 8.17. The van der Waals surface area contributed by atoms with Crippen molar-refractivity contribution in [3.63, 3.8) is 0 Å². The minimum absolute atomic E-state index is 0.106. The predicted molar refractivity (Wildman–Crippen MR) is 80.6 cm³/mol. The molecule has 0 aliphatic carbocycles. The third-order valence-electron chi connectivity index (χ3n) is 3.22. The van der Waals surface area contributed by atoms with Crippen molar-refractivity contribution in [3.05, 3.63) is 59.2 Å². The van der Waals surface area contributed by atoms with Crippen LogP contribution >= 0.6 is 0 Å². The summed E-state index contributed by atoms with van der Waals surface area (Å²) in [4.78, 5) is 23.1. The number of halogens is 3. The van der Waals surface area contributed by atoms with Crippen molar-refractivity contribution >= 4 is 11.9 Å². The molecule has 0 aliphatic heterocycles. The molecular weight excluding hydrogens is 341 g/mol. The van der Waals surface area contributed by atoms with E-state index in [1.807, 2.05) is 0 Å². The molecule has 0 heterocycles. The van der Waals surface area contributed by atoms with Crippen molar-refractivity contribution in [2.75, 3.05) is 14.2 Å². The highest BCUT2D eigenvalue weighted by molar-refractivity contribution is 5.93. The molecule has 2 aromatic rings. The van der Waals surface area contributed by atoms with Crippen LogP contribution in [0.4, 0.5) is 13.2 Å². The van der Waals surface area contributed by atoms with Gasteiger partial charge in [0.1, 0.15) is 17.1 Å². The number of esters is 2. The summed E-state index contributed by atoms with van der Waals surface area (Å²) in [7, 11) is 2.29. The monoisotopic (exact) mass is 354 g/mol. The summed E-state index contributed by atoms with van der Waals surface area (Å²) in [5.41, 5.74) is -1.09. The van der Waals surface area contributed by atoms with Crippen molar-refractivity contribution in [1.82, 2.24) is 0 Å². The first-order valence-corrected chi connectivity index (χ1v) is 6.92. The summed E-state index contributed by atoms with van der Waals surface area (Å²) in [5.74, 6) is -1.40. The van der Waals surface area contributed by atoms with Gasteiger partial charge in [0.2, 0.25) is 0 Å². The van der Waals surface area contributed by atoms with Crippen LogP contribution in [0, 0.1) is 0 Å². The molecule has 8 heteroatoms. The molecule has 2 rings (SSSR count). The van der Waals surface area contributed by atoms with E-state index in [0.29, 0.717) is 6.07 Å². The Kier molecular flexibility index (Phi) is 5.31. The van der Waals surface area contributed by atoms with Gasteiger partial charge in [-0.15, -0.1) is 0 Å². The predicted octanol–water partition coefficient (Wildman–Crippen LogP) is 4.07. The van der Waals surface area contributed by atoms with Gasteiger partial charge in [-0.05, 0) is 42.5 Å². The van der Waals surface area contributed by atoms with Gasteiger partial charge in [-0.1, -0.05) is 0 Å². The summed E-state index contributed by atoms with van der Waals surface area (Å²) >= 11 is 0. The standard InChI is InChI=1S/C17H13F3O5/c1-23-15(21)10-3-6-12(7-4-10)25-14-8-5-11(17(18,19)20)9-13(14)16(22)24-2/h3-9H,1-2H3. The SMILES string of the molecule is COC(=O)c1ccc(Oc2ccc(C(F)(F)F)cc2C(=O)OC)cc1. The molecule has 0 bridgehead atoms. The molecule has 0 atom stereocenters. The van der Waals surface area contributed by atoms with E-state index in [-0.39, 0.29) is 22.6 Å². The lowest BCUT2D eigenvalue weighted by atomic mass is 10.1. The molecule has 2 aromatic carbocycles. The van der Waals surface area contributed by atoms with Crippen LogP contribution in [0.2, 0.25) is 0 Å². The van der Waals surface area contributed by atoms with Crippen LogP contribution in [-0.4, -0.2) is 26.2 Å². The van der Waals surface area contributed by atoms with Crippen molar-refractivity contribution in [1.29, 1.82) is 0 Å². The van der Waals surface area contributed by atoms with E-state index in [9.17, 15) is 22.8 Å². The maximum atomic E-state index is 12.8. The normalized spacial score (nSPS) is 10.9. The number of carbonyl (C=O) groups excluding carboxylic acids is 2. The van der Waals surface area contributed by atoms with E-state index in [2.05, 4.69) is 9.47 Å². The Bertz CT molecular complexity index is 782. The highest BCUT2D eigenvalue weighted by Crippen LogP contribution is 2.34. The van der Waals surface area contributed by atoms with E-state index >= 15 is 0 Å². The second-order valence-electron chi connectivity index (χ2n) is 4.82. The van der Waals surface area contributed by atoms with E-state index in [1.54, 1.807) is 0 Å². The first kappa shape index (κ1) is 18.3. The van der Waals surface area contributed by atoms with Crippen LogP contribution in [0.5, 0.6) is 11.5 Å². The smallest absolute Gasteiger partial charge is 0.416 e. The van der Waals surface area contributed by atoms with Crippen LogP contribution in [-0.2, 0) is 15.7 Å². The summed E-state index contributed by atoms with van der Waals surface area (Å²) in [6.45, 7) is 0. The highest BCUT2D eigenvalue weighted by Gasteiger charge is 2.32. The summed E-state index contributed by atoms with van der Waals surface area (Å²) in [5, 5.41) is 0. The lowest BCUT2D eigenvalue weighted by Gasteiger charge is -2.13. The quantitative estimate of drug-likeness (QED) is 0.775. The zero-order valence-corrected chi connectivity index (χ0v) is 13.2. The van der Waals surface area contributed by atoms with E-state index in [0.717, 1.165) is 19.2 Å². The number of hydrogen-bond donors (Lipinski definition) is 0. The number of rotatable bonds is 4. The van der Waals surface area contributed by atoms with E-state index in [1.165, 1.54) is 31.4 Å². The Morgan fingerprint density at radius 1 is 0.880 bits per heavy atom. The van der Waals surface area contributed by atoms with Gasteiger partial charge in [0.05, 0.1) is 25.3 Å². The molecule has 0 spiro atoms. The Labute approximate surface area is 140 Å². The van der Waals surface area contributed by atoms with Gasteiger partial charge in [-0.3, -0.25) is 0 Å². The molecule has 0 radical (unpaired) electrons. The third-order valence-corrected chi connectivity index (χ3v) is 3.22. The Morgan fingerprint density at radius 2 is 1.48 bits per heavy atom. The first-order chi connectivity index (χ1) is 11.8. The van der Waals surface area contributed by atoms with Gasteiger partial charge in [0.15, 0.2) is 0 Å². The maximum absolute atomic E-state index is 12.8. The van der Waals surface area contributed by atoms with Crippen molar-refractivity contribution in [3.8, 4) is 11.5 Å². The molecule has 0 amide bonds. The number of benzene rings is 2. The zero-order chi connectivity index (χ0) is 18.6. The maximum Gasteiger partial charge on any atom is 0.416 e. The minimum Gasteiger partial charge on any atom is -0.465 e. The van der Waals surface area contributed by atoms with Gasteiger partial charge >= 0.3 is 18.1 Å². The Hall–Kier alpha value is -3.03. The molecule has 0 saturated heterocycles. The second kappa shape index (κ2) is 7.25. The summed E-state index contributed by atoms with van der Waals surface area (Å²) < 4.78 is 52.9. The van der Waals surface area contributed by atoms with Crippen molar-refractivity contribution in [2.24, 2.45) is 0 Å². The molecule has 25 heavy (non-hydrogen) atoms. The average Bonchev–Trinajstić information content (AvgIpc) is 2.60. The number of alkyl halides is 3. The Balaban J connectivity index is 2.35. The average molecular weight is 354 g/mol. The molecular formula is C17H13F3O5. The van der Waals surface area contributed by atoms with Crippen LogP contribution in [0.1, 0.15) is 26.3 Å². The fraction of sp³-hybridized carbons (Fsp3) is 0.176. The second-order valence-corrected chi connectivity index (χ2v) is 4.82. The fourth-order valence-corrected chi connectivity index (χ4v) is 1.97. The number of ether oxygens (including phenoxy) is 3. The van der Waals surface area contributed by atoms with E-state index < -0.39 is 23.7 Å². The first-order valence-electron chi connectivity index (χ1n) is 6.92. The van der Waals surface area contributed by atoms with Crippen LogP contribution in [0.15, 0.2) is 42.5 Å². The Morgan fingerprint density at radius 3 is 2.00 bits per heavy atom. The number of methoxy groups -OCH3 is 2. The van der Waals surface area contributed by atoms with Crippen LogP contribution in [0.3, 0.4) is 0 Å². The fourth-order valence-electron chi connectivity index (χ4n) is 1.97. The lowest BCUT2D eigenvalue weighted by Crippen LogP contribution is -2.10. The third kappa shape index (κ3) is 4.28. The molecule has 0 aliphatic rings. The van der Waals surface area contributed by atoms with Gasteiger partial charge in [-0.25, -0.2) is 9.59 Å². The largest absolute Gasteiger partial charge is 0.465 e.